The largest absolute Gasteiger partial charge is 0.538 e. The van der Waals surface area contributed by atoms with Gasteiger partial charge in [-0.15, -0.1) is 0 Å². The second-order valence-corrected chi connectivity index (χ2v) is 7.33. The molecule has 0 saturated carbocycles. The molecule has 6 nitrogen and oxygen atoms in total. The number of benzene rings is 2. The van der Waals surface area contributed by atoms with Gasteiger partial charge in [-0.25, -0.2) is 0 Å². The summed E-state index contributed by atoms with van der Waals surface area (Å²) in [5.41, 5.74) is 1.36. The average molecular weight is 420 g/mol. The summed E-state index contributed by atoms with van der Waals surface area (Å²) in [5, 5.41) is 18.3. The molecule has 1 N–H and O–H groups in total. The van der Waals surface area contributed by atoms with Gasteiger partial charge in [0.25, 0.3) is 5.03 Å². The molecule has 3 aromatic rings. The van der Waals surface area contributed by atoms with Gasteiger partial charge < -0.3 is 14.9 Å². The minimum absolute atomic E-state index is 0.225. The molecule has 1 amide bonds. The van der Waals surface area contributed by atoms with E-state index in [9.17, 15) is 9.90 Å². The number of amides is 1. The first-order valence-electron chi connectivity index (χ1n) is 7.43. The van der Waals surface area contributed by atoms with Crippen molar-refractivity contribution in [1.29, 1.82) is 0 Å². The van der Waals surface area contributed by atoms with Gasteiger partial charge in [0.05, 0.1) is 16.2 Å². The van der Waals surface area contributed by atoms with E-state index in [1.807, 2.05) is 36.4 Å². The van der Waals surface area contributed by atoms with E-state index in [-0.39, 0.29) is 10.9 Å². The molecule has 1 heterocycles. The van der Waals surface area contributed by atoms with E-state index in [4.69, 9.17) is 4.52 Å². The van der Waals surface area contributed by atoms with Gasteiger partial charge in [-0.05, 0) is 51.4 Å². The van der Waals surface area contributed by atoms with Gasteiger partial charge >= 0.3 is 0 Å². The molecular weight excluding hydrogens is 406 g/mol. The molecule has 2 aromatic carbocycles. The standard InChI is InChI=1S/C17H14BrN3O3S/c1-11(15(22)19-14-10-6-5-9-13(14)18)25-16-17(23)24-20-21(16)12-7-3-2-4-8-12/h2-11H,1H3,(H-,19,20,22,23). The normalized spacial score (nSPS) is 11.9. The van der Waals surface area contributed by atoms with Crippen molar-refractivity contribution < 1.29 is 19.1 Å². The lowest BCUT2D eigenvalue weighted by molar-refractivity contribution is -0.705. The molecule has 1 unspecified atom stereocenters. The van der Waals surface area contributed by atoms with Gasteiger partial charge in [0, 0.05) is 16.6 Å². The lowest BCUT2D eigenvalue weighted by Gasteiger charge is -2.11. The Morgan fingerprint density at radius 1 is 1.24 bits per heavy atom. The topological polar surface area (TPSA) is 82.1 Å². The molecule has 3 rings (SSSR count). The van der Waals surface area contributed by atoms with E-state index in [1.165, 1.54) is 4.68 Å². The first kappa shape index (κ1) is 17.5. The maximum absolute atomic E-state index is 12.4. The number of thioether (sulfide) groups is 1. The van der Waals surface area contributed by atoms with Crippen molar-refractivity contribution in [2.75, 3.05) is 5.32 Å². The number of nitrogens with one attached hydrogen (secondary N) is 1. The van der Waals surface area contributed by atoms with Crippen LogP contribution in [0.15, 0.2) is 68.6 Å². The van der Waals surface area contributed by atoms with Gasteiger partial charge in [-0.2, -0.15) is 0 Å². The summed E-state index contributed by atoms with van der Waals surface area (Å²) in [4.78, 5) is 12.4. The highest BCUT2D eigenvalue weighted by Gasteiger charge is 2.26. The SMILES string of the molecule is CC(Sc1c([O-])on[n+]1-c1ccccc1)C(=O)Nc1ccccc1Br. The van der Waals surface area contributed by atoms with Crippen molar-refractivity contribution >= 4 is 39.3 Å². The van der Waals surface area contributed by atoms with Crippen molar-refractivity contribution in [3.63, 3.8) is 0 Å². The summed E-state index contributed by atoms with van der Waals surface area (Å²) in [6, 6.07) is 16.5. The molecule has 0 spiro atoms. The van der Waals surface area contributed by atoms with Gasteiger partial charge in [0.15, 0.2) is 5.95 Å². The zero-order valence-electron chi connectivity index (χ0n) is 13.2. The van der Waals surface area contributed by atoms with Crippen LogP contribution in [-0.2, 0) is 4.79 Å². The number of aromatic nitrogens is 2. The Kier molecular flexibility index (Phi) is 5.40. The predicted molar refractivity (Wildman–Crippen MR) is 95.6 cm³/mol. The van der Waals surface area contributed by atoms with E-state index in [2.05, 4.69) is 26.5 Å². The van der Waals surface area contributed by atoms with Crippen molar-refractivity contribution in [2.45, 2.75) is 17.2 Å². The van der Waals surface area contributed by atoms with Crippen molar-refractivity contribution in [1.82, 2.24) is 5.27 Å². The third-order valence-electron chi connectivity index (χ3n) is 3.36. The van der Waals surface area contributed by atoms with E-state index >= 15 is 0 Å². The second-order valence-electron chi connectivity index (χ2n) is 5.14. The molecule has 0 fully saturated rings. The molecule has 25 heavy (non-hydrogen) atoms. The number of para-hydroxylation sites is 2. The number of halogens is 1. The molecule has 0 aliphatic rings. The third kappa shape index (κ3) is 4.02. The fourth-order valence-corrected chi connectivity index (χ4v) is 3.35. The summed E-state index contributed by atoms with van der Waals surface area (Å²) in [7, 11) is 0. The quantitative estimate of drug-likeness (QED) is 0.507. The number of nitrogens with zero attached hydrogens (tertiary/aromatic N) is 2. The van der Waals surface area contributed by atoms with Crippen LogP contribution in [0.25, 0.3) is 5.69 Å². The Hall–Kier alpha value is -2.32. The lowest BCUT2D eigenvalue weighted by Crippen LogP contribution is -2.36. The Balaban J connectivity index is 1.77. The molecular formula is C17H14BrN3O3S. The monoisotopic (exact) mass is 419 g/mol. The number of hydrogen-bond acceptors (Lipinski definition) is 5. The Bertz CT molecular complexity index is 886. The van der Waals surface area contributed by atoms with Gasteiger partial charge in [0.2, 0.25) is 11.6 Å². The third-order valence-corrected chi connectivity index (χ3v) is 5.18. The number of rotatable bonds is 5. The average Bonchev–Trinajstić information content (AvgIpc) is 2.98. The van der Waals surface area contributed by atoms with Crippen LogP contribution in [0.4, 0.5) is 5.69 Å². The minimum atomic E-state index is -0.575. The van der Waals surface area contributed by atoms with E-state index in [0.29, 0.717) is 11.4 Å². The molecule has 0 aliphatic carbocycles. The van der Waals surface area contributed by atoms with Crippen LogP contribution in [0.1, 0.15) is 6.92 Å². The molecule has 0 saturated heterocycles. The first-order chi connectivity index (χ1) is 12.1. The number of hydrogen-bond donors (Lipinski definition) is 1. The highest BCUT2D eigenvalue weighted by Crippen LogP contribution is 2.29. The summed E-state index contributed by atoms with van der Waals surface area (Å²) in [6.45, 7) is 1.72. The maximum Gasteiger partial charge on any atom is 0.298 e. The van der Waals surface area contributed by atoms with Crippen LogP contribution in [0.5, 0.6) is 5.95 Å². The predicted octanol–water partition coefficient (Wildman–Crippen LogP) is 2.91. The maximum atomic E-state index is 12.4. The highest BCUT2D eigenvalue weighted by atomic mass is 79.9. The molecule has 0 aliphatic heterocycles. The zero-order valence-corrected chi connectivity index (χ0v) is 15.6. The van der Waals surface area contributed by atoms with E-state index < -0.39 is 11.2 Å². The van der Waals surface area contributed by atoms with Crippen LogP contribution >= 0.6 is 27.7 Å². The minimum Gasteiger partial charge on any atom is -0.538 e. The number of carbonyl (C=O) groups excluding carboxylic acids is 1. The fraction of sp³-hybridized carbons (Fsp3) is 0.118. The van der Waals surface area contributed by atoms with E-state index in [0.717, 1.165) is 16.2 Å². The number of carbonyl (C=O) groups is 1. The summed E-state index contributed by atoms with van der Waals surface area (Å²) >= 11 is 4.49. The zero-order chi connectivity index (χ0) is 17.8. The Morgan fingerprint density at radius 3 is 2.64 bits per heavy atom. The molecule has 1 atom stereocenters. The fourth-order valence-electron chi connectivity index (χ4n) is 2.09. The highest BCUT2D eigenvalue weighted by molar-refractivity contribution is 9.10. The van der Waals surface area contributed by atoms with Crippen LogP contribution < -0.4 is 15.1 Å². The van der Waals surface area contributed by atoms with Gasteiger partial charge in [-0.1, -0.05) is 30.3 Å². The summed E-state index contributed by atoms with van der Waals surface area (Å²) in [6.07, 6.45) is 0. The first-order valence-corrected chi connectivity index (χ1v) is 9.10. The van der Waals surface area contributed by atoms with Crippen LogP contribution in [0.2, 0.25) is 0 Å². The number of anilines is 1. The molecule has 0 radical (unpaired) electrons. The summed E-state index contributed by atoms with van der Waals surface area (Å²) in [5.74, 6) is -0.800. The van der Waals surface area contributed by atoms with Gasteiger partial charge in [-0.3, -0.25) is 4.79 Å². The smallest absolute Gasteiger partial charge is 0.298 e. The lowest BCUT2D eigenvalue weighted by atomic mass is 10.3. The second kappa shape index (κ2) is 7.71. The molecule has 128 valence electrons. The Labute approximate surface area is 157 Å². The molecule has 1 aromatic heterocycles. The van der Waals surface area contributed by atoms with Crippen LogP contribution in [0.3, 0.4) is 0 Å². The molecule has 0 bridgehead atoms. The van der Waals surface area contributed by atoms with Gasteiger partial charge in [0.1, 0.15) is 0 Å². The summed E-state index contributed by atoms with van der Waals surface area (Å²) < 4.78 is 6.95. The van der Waals surface area contributed by atoms with E-state index in [1.54, 1.807) is 25.1 Å². The van der Waals surface area contributed by atoms with Crippen molar-refractivity contribution in [3.05, 3.63) is 59.1 Å². The molecule has 8 heteroatoms. The van der Waals surface area contributed by atoms with Crippen molar-refractivity contribution in [3.8, 4) is 11.6 Å². The van der Waals surface area contributed by atoms with Crippen LogP contribution in [0, 0.1) is 0 Å². The Morgan fingerprint density at radius 2 is 1.92 bits per heavy atom. The van der Waals surface area contributed by atoms with Crippen molar-refractivity contribution in [2.24, 2.45) is 0 Å². The van der Waals surface area contributed by atoms with Crippen LogP contribution in [-0.4, -0.2) is 16.4 Å².